The number of hydrogen-bond donors (Lipinski definition) is 0. The van der Waals surface area contributed by atoms with E-state index in [1.807, 2.05) is 26.0 Å². The van der Waals surface area contributed by atoms with Crippen molar-refractivity contribution >= 4 is 28.8 Å². The van der Waals surface area contributed by atoms with E-state index in [4.69, 9.17) is 16.0 Å². The largest absolute Gasteiger partial charge is 0.419 e. The molecule has 0 unspecified atom stereocenters. The topological polar surface area (TPSA) is 81.2 Å². The molecule has 0 bridgehead atoms. The van der Waals surface area contributed by atoms with Crippen molar-refractivity contribution < 1.29 is 9.21 Å². The Bertz CT molecular complexity index is 1010. The Morgan fingerprint density at radius 2 is 2.11 bits per heavy atom. The van der Waals surface area contributed by atoms with Crippen molar-refractivity contribution in [2.75, 3.05) is 6.54 Å². The lowest BCUT2D eigenvalue weighted by molar-refractivity contribution is -0.132. The van der Waals surface area contributed by atoms with Gasteiger partial charge in [-0.2, -0.15) is 0 Å². The molecule has 3 rings (SSSR count). The molecule has 0 saturated carbocycles. The van der Waals surface area contributed by atoms with Crippen LogP contribution in [0.5, 0.6) is 0 Å². The lowest BCUT2D eigenvalue weighted by Gasteiger charge is -2.20. The molecule has 1 amide bonds. The van der Waals surface area contributed by atoms with Gasteiger partial charge in [0.05, 0.1) is 17.1 Å². The molecule has 1 aromatic carbocycles. The standard InChI is InChI=1S/C19H21ClN4O3S/c1-3-9-23(17(25)8-10-24-13(2)12-28-19(24)26)11-16-21-22-18(27-16)14-6-4-5-7-15(14)20/h4-7,12H,3,8-11H2,1-2H3. The molecule has 0 N–H and O–H groups in total. The van der Waals surface area contributed by atoms with E-state index in [0.717, 1.165) is 23.5 Å². The molecular formula is C19H21ClN4O3S. The van der Waals surface area contributed by atoms with Crippen LogP contribution in [0.4, 0.5) is 0 Å². The van der Waals surface area contributed by atoms with Crippen LogP contribution < -0.4 is 4.87 Å². The van der Waals surface area contributed by atoms with Gasteiger partial charge in [0.25, 0.3) is 0 Å². The molecule has 2 aromatic heterocycles. The summed E-state index contributed by atoms with van der Waals surface area (Å²) in [7, 11) is 0. The van der Waals surface area contributed by atoms with Crippen molar-refractivity contribution in [2.45, 2.75) is 39.8 Å². The number of aryl methyl sites for hydroxylation is 1. The van der Waals surface area contributed by atoms with Crippen LogP contribution in [0.25, 0.3) is 11.5 Å². The number of aromatic nitrogens is 3. The third-order valence-electron chi connectivity index (χ3n) is 4.27. The Morgan fingerprint density at radius 1 is 1.32 bits per heavy atom. The molecule has 3 aromatic rings. The van der Waals surface area contributed by atoms with Gasteiger partial charge in [-0.3, -0.25) is 9.59 Å². The molecule has 148 valence electrons. The average molecular weight is 421 g/mol. The molecule has 0 aliphatic carbocycles. The summed E-state index contributed by atoms with van der Waals surface area (Å²) in [5.74, 6) is 0.613. The van der Waals surface area contributed by atoms with Crippen LogP contribution in [0.15, 0.2) is 38.9 Å². The van der Waals surface area contributed by atoms with Gasteiger partial charge < -0.3 is 13.9 Å². The van der Waals surface area contributed by atoms with E-state index >= 15 is 0 Å². The highest BCUT2D eigenvalue weighted by molar-refractivity contribution is 7.07. The van der Waals surface area contributed by atoms with E-state index in [9.17, 15) is 9.59 Å². The molecule has 9 heteroatoms. The predicted molar refractivity (Wildman–Crippen MR) is 108 cm³/mol. The number of carbonyl (C=O) groups is 1. The van der Waals surface area contributed by atoms with Gasteiger partial charge in [-0.05, 0) is 25.5 Å². The Morgan fingerprint density at radius 3 is 2.79 bits per heavy atom. The molecular weight excluding hydrogens is 400 g/mol. The van der Waals surface area contributed by atoms with E-state index in [1.54, 1.807) is 27.0 Å². The minimum Gasteiger partial charge on any atom is -0.419 e. The van der Waals surface area contributed by atoms with Crippen LogP contribution in [0, 0.1) is 6.92 Å². The second kappa shape index (κ2) is 9.16. The molecule has 0 aliphatic heterocycles. The van der Waals surface area contributed by atoms with Gasteiger partial charge >= 0.3 is 4.87 Å². The monoisotopic (exact) mass is 420 g/mol. The fraction of sp³-hybridized carbons (Fsp3) is 0.368. The fourth-order valence-electron chi connectivity index (χ4n) is 2.83. The fourth-order valence-corrected chi connectivity index (χ4v) is 3.80. The quantitative estimate of drug-likeness (QED) is 0.554. The van der Waals surface area contributed by atoms with Crippen molar-refractivity contribution in [2.24, 2.45) is 0 Å². The Balaban J connectivity index is 1.68. The van der Waals surface area contributed by atoms with Gasteiger partial charge in [-0.25, -0.2) is 0 Å². The lowest BCUT2D eigenvalue weighted by atomic mass is 10.2. The zero-order valence-electron chi connectivity index (χ0n) is 15.7. The number of benzene rings is 1. The summed E-state index contributed by atoms with van der Waals surface area (Å²) in [5, 5.41) is 10.4. The minimum absolute atomic E-state index is 0.0476. The van der Waals surface area contributed by atoms with E-state index in [2.05, 4.69) is 10.2 Å². The van der Waals surface area contributed by atoms with Crippen LogP contribution in [0.1, 0.15) is 31.4 Å². The minimum atomic E-state index is -0.0585. The summed E-state index contributed by atoms with van der Waals surface area (Å²) >= 11 is 7.31. The Hall–Kier alpha value is -2.45. The maximum Gasteiger partial charge on any atom is 0.307 e. The van der Waals surface area contributed by atoms with Crippen LogP contribution in [0.2, 0.25) is 5.02 Å². The maximum absolute atomic E-state index is 12.7. The summed E-state index contributed by atoms with van der Waals surface area (Å²) in [6, 6.07) is 7.22. The third kappa shape index (κ3) is 4.69. The number of nitrogens with zero attached hydrogens (tertiary/aromatic N) is 4. The van der Waals surface area contributed by atoms with Crippen molar-refractivity contribution in [3.63, 3.8) is 0 Å². The van der Waals surface area contributed by atoms with Gasteiger partial charge in [0, 0.05) is 30.6 Å². The molecule has 0 fully saturated rings. The van der Waals surface area contributed by atoms with Crippen LogP contribution >= 0.6 is 22.9 Å². The van der Waals surface area contributed by atoms with E-state index in [0.29, 0.717) is 35.5 Å². The number of amides is 1. The van der Waals surface area contributed by atoms with E-state index < -0.39 is 0 Å². The molecule has 28 heavy (non-hydrogen) atoms. The zero-order chi connectivity index (χ0) is 20.1. The first-order chi connectivity index (χ1) is 13.5. The van der Waals surface area contributed by atoms with Crippen molar-refractivity contribution in [1.29, 1.82) is 0 Å². The summed E-state index contributed by atoms with van der Waals surface area (Å²) in [4.78, 5) is 26.1. The van der Waals surface area contributed by atoms with Crippen LogP contribution in [0.3, 0.4) is 0 Å². The zero-order valence-corrected chi connectivity index (χ0v) is 17.3. The predicted octanol–water partition coefficient (Wildman–Crippen LogP) is 3.75. The SMILES string of the molecule is CCCN(Cc1nnc(-c2ccccc2Cl)o1)C(=O)CCn1c(C)csc1=O. The first-order valence-corrected chi connectivity index (χ1v) is 10.2. The average Bonchev–Trinajstić information content (AvgIpc) is 3.26. The maximum atomic E-state index is 12.7. The summed E-state index contributed by atoms with van der Waals surface area (Å²) in [6.07, 6.45) is 1.04. The Kier molecular flexibility index (Phi) is 6.64. The lowest BCUT2D eigenvalue weighted by Crippen LogP contribution is -2.32. The number of hydrogen-bond acceptors (Lipinski definition) is 6. The number of thiazole rings is 1. The molecule has 0 saturated heterocycles. The highest BCUT2D eigenvalue weighted by Crippen LogP contribution is 2.26. The third-order valence-corrected chi connectivity index (χ3v) is 5.48. The summed E-state index contributed by atoms with van der Waals surface area (Å²) in [6.45, 7) is 5.02. The summed E-state index contributed by atoms with van der Waals surface area (Å²) < 4.78 is 7.33. The van der Waals surface area contributed by atoms with Crippen molar-refractivity contribution in [1.82, 2.24) is 19.7 Å². The molecule has 7 nitrogen and oxygen atoms in total. The van der Waals surface area contributed by atoms with Gasteiger partial charge in [0.15, 0.2) is 0 Å². The molecule has 0 atom stereocenters. The highest BCUT2D eigenvalue weighted by atomic mass is 35.5. The molecule has 0 radical (unpaired) electrons. The smallest absolute Gasteiger partial charge is 0.307 e. The second-order valence-electron chi connectivity index (χ2n) is 6.34. The van der Waals surface area contributed by atoms with E-state index in [1.165, 1.54) is 0 Å². The first-order valence-electron chi connectivity index (χ1n) is 8.99. The number of rotatable bonds is 8. The van der Waals surface area contributed by atoms with Gasteiger partial charge in [-0.15, -0.1) is 10.2 Å². The molecule has 0 aliphatic rings. The normalized spacial score (nSPS) is 11.0. The van der Waals surface area contributed by atoms with Gasteiger partial charge in [0.2, 0.25) is 17.7 Å². The number of halogens is 1. The van der Waals surface area contributed by atoms with Crippen molar-refractivity contribution in [3.05, 3.63) is 55.9 Å². The number of carbonyl (C=O) groups excluding carboxylic acids is 1. The molecule has 0 spiro atoms. The summed E-state index contributed by atoms with van der Waals surface area (Å²) in [5.41, 5.74) is 1.52. The van der Waals surface area contributed by atoms with Gasteiger partial charge in [-0.1, -0.05) is 42.0 Å². The first kappa shape index (κ1) is 20.3. The van der Waals surface area contributed by atoms with Crippen LogP contribution in [-0.4, -0.2) is 32.1 Å². The van der Waals surface area contributed by atoms with Gasteiger partial charge in [0.1, 0.15) is 0 Å². The van der Waals surface area contributed by atoms with Crippen LogP contribution in [-0.2, 0) is 17.9 Å². The second-order valence-corrected chi connectivity index (χ2v) is 7.57. The molecule has 2 heterocycles. The Labute approximate surface area is 171 Å². The highest BCUT2D eigenvalue weighted by Gasteiger charge is 2.18. The van der Waals surface area contributed by atoms with Crippen molar-refractivity contribution in [3.8, 4) is 11.5 Å². The van der Waals surface area contributed by atoms with E-state index in [-0.39, 0.29) is 23.7 Å².